The molecule has 0 amide bonds. The highest BCUT2D eigenvalue weighted by atomic mass is 32.2. The van der Waals surface area contributed by atoms with Crippen LogP contribution in [-0.4, -0.2) is 45.3 Å². The van der Waals surface area contributed by atoms with Crippen LogP contribution in [0.5, 0.6) is 0 Å². The third-order valence-corrected chi connectivity index (χ3v) is 3.27. The summed E-state index contributed by atoms with van der Waals surface area (Å²) in [7, 11) is -3.41. The molecule has 0 aliphatic rings. The van der Waals surface area contributed by atoms with Gasteiger partial charge in [0.25, 0.3) is 10.1 Å². The third-order valence-electron chi connectivity index (χ3n) is 2.67. The molecule has 0 N–H and O–H groups in total. The van der Waals surface area contributed by atoms with Crippen LogP contribution in [0.3, 0.4) is 0 Å². The van der Waals surface area contributed by atoms with Crippen LogP contribution >= 0.6 is 0 Å². The van der Waals surface area contributed by atoms with Gasteiger partial charge in [0, 0.05) is 19.0 Å². The Morgan fingerprint density at radius 2 is 2.32 bits per heavy atom. The molecule has 0 aliphatic carbocycles. The Bertz CT molecular complexity index is 501. The van der Waals surface area contributed by atoms with E-state index < -0.39 is 10.1 Å². The summed E-state index contributed by atoms with van der Waals surface area (Å²) in [6.07, 6.45) is 8.70. The van der Waals surface area contributed by atoms with E-state index in [0.717, 1.165) is 12.0 Å². The molecular formula is C13H19NO4S. The molecule has 6 heteroatoms. The summed E-state index contributed by atoms with van der Waals surface area (Å²) in [5.74, 6) is 3.44. The molecule has 19 heavy (non-hydrogen) atoms. The van der Waals surface area contributed by atoms with Crippen LogP contribution in [0.25, 0.3) is 0 Å². The van der Waals surface area contributed by atoms with Gasteiger partial charge in [-0.2, -0.15) is 8.42 Å². The van der Waals surface area contributed by atoms with Crippen LogP contribution in [0, 0.1) is 12.3 Å². The predicted octanol–water partition coefficient (Wildman–Crippen LogP) is 1.12. The number of hydrogen-bond acceptors (Lipinski definition) is 5. The lowest BCUT2D eigenvalue weighted by Gasteiger charge is -2.26. The number of rotatable bonds is 8. The van der Waals surface area contributed by atoms with E-state index in [9.17, 15) is 8.42 Å². The Labute approximate surface area is 114 Å². The van der Waals surface area contributed by atoms with Crippen molar-refractivity contribution in [3.05, 3.63) is 24.2 Å². The van der Waals surface area contributed by atoms with Gasteiger partial charge in [0.05, 0.1) is 25.7 Å². The smallest absolute Gasteiger partial charge is 0.264 e. The molecule has 1 atom stereocenters. The van der Waals surface area contributed by atoms with E-state index in [1.54, 1.807) is 6.26 Å². The molecule has 0 fully saturated rings. The zero-order valence-corrected chi connectivity index (χ0v) is 12.0. The molecule has 0 aliphatic heterocycles. The second-order valence-corrected chi connectivity index (χ2v) is 5.98. The van der Waals surface area contributed by atoms with Crippen LogP contribution in [0.4, 0.5) is 0 Å². The monoisotopic (exact) mass is 285 g/mol. The Morgan fingerprint density at radius 3 is 2.84 bits per heavy atom. The summed E-state index contributed by atoms with van der Waals surface area (Å²) in [6.45, 7) is 3.01. The summed E-state index contributed by atoms with van der Waals surface area (Å²) in [6, 6.07) is 3.88. The molecule has 0 spiro atoms. The van der Waals surface area contributed by atoms with Crippen LogP contribution in [0.1, 0.15) is 12.7 Å². The van der Waals surface area contributed by atoms with Crippen LogP contribution in [-0.2, 0) is 20.7 Å². The van der Waals surface area contributed by atoms with Gasteiger partial charge in [0.1, 0.15) is 5.76 Å². The normalized spacial score (nSPS) is 13.4. The highest BCUT2D eigenvalue weighted by Gasteiger charge is 2.15. The van der Waals surface area contributed by atoms with Crippen molar-refractivity contribution in [1.29, 1.82) is 0 Å². The molecule has 1 unspecified atom stereocenters. The Hall–Kier alpha value is -1.29. The average Bonchev–Trinajstić information content (AvgIpc) is 2.79. The molecule has 0 saturated carbocycles. The van der Waals surface area contributed by atoms with Crippen molar-refractivity contribution in [2.24, 2.45) is 0 Å². The first-order valence-corrected chi connectivity index (χ1v) is 7.78. The zero-order chi connectivity index (χ0) is 14.3. The fourth-order valence-electron chi connectivity index (χ4n) is 1.73. The molecule has 1 heterocycles. The van der Waals surface area contributed by atoms with Gasteiger partial charge >= 0.3 is 0 Å². The van der Waals surface area contributed by atoms with Crippen molar-refractivity contribution in [3.63, 3.8) is 0 Å². The first-order chi connectivity index (χ1) is 8.92. The van der Waals surface area contributed by atoms with E-state index in [4.69, 9.17) is 15.0 Å². The Morgan fingerprint density at radius 1 is 1.58 bits per heavy atom. The SMILES string of the molecule is C#CCN(CCOS(C)(=O)=O)C(C)Cc1ccco1. The first kappa shape index (κ1) is 15.8. The van der Waals surface area contributed by atoms with E-state index in [0.29, 0.717) is 19.5 Å². The number of nitrogens with zero attached hydrogens (tertiary/aromatic N) is 1. The summed E-state index contributed by atoms with van der Waals surface area (Å²) in [5, 5.41) is 0. The fourth-order valence-corrected chi connectivity index (χ4v) is 2.10. The molecule has 106 valence electrons. The first-order valence-electron chi connectivity index (χ1n) is 5.96. The van der Waals surface area contributed by atoms with E-state index in [2.05, 4.69) is 5.92 Å². The van der Waals surface area contributed by atoms with Crippen molar-refractivity contribution in [2.45, 2.75) is 19.4 Å². The lowest BCUT2D eigenvalue weighted by atomic mass is 10.1. The van der Waals surface area contributed by atoms with E-state index >= 15 is 0 Å². The maximum atomic E-state index is 10.9. The van der Waals surface area contributed by atoms with Crippen molar-refractivity contribution in [2.75, 3.05) is 26.0 Å². The van der Waals surface area contributed by atoms with Crippen molar-refractivity contribution < 1.29 is 17.0 Å². The second-order valence-electron chi connectivity index (χ2n) is 4.33. The van der Waals surface area contributed by atoms with Gasteiger partial charge < -0.3 is 4.42 Å². The number of terminal acetylenes is 1. The van der Waals surface area contributed by atoms with Gasteiger partial charge in [-0.15, -0.1) is 6.42 Å². The highest BCUT2D eigenvalue weighted by Crippen LogP contribution is 2.09. The zero-order valence-electron chi connectivity index (χ0n) is 11.2. The Kier molecular flexibility index (Phi) is 6.09. The lowest BCUT2D eigenvalue weighted by Crippen LogP contribution is -2.37. The fraction of sp³-hybridized carbons (Fsp3) is 0.538. The molecule has 1 rings (SSSR count). The molecule has 0 bridgehead atoms. The van der Waals surface area contributed by atoms with Crippen molar-refractivity contribution in [1.82, 2.24) is 4.90 Å². The van der Waals surface area contributed by atoms with Crippen LogP contribution in [0.2, 0.25) is 0 Å². The van der Waals surface area contributed by atoms with E-state index in [-0.39, 0.29) is 12.6 Å². The van der Waals surface area contributed by atoms with Gasteiger partial charge in [-0.1, -0.05) is 5.92 Å². The third kappa shape index (κ3) is 6.43. The summed E-state index contributed by atoms with van der Waals surface area (Å²) >= 11 is 0. The minimum atomic E-state index is -3.41. The van der Waals surface area contributed by atoms with Crippen LogP contribution < -0.4 is 0 Å². The standard InChI is InChI=1S/C13H19NO4S/c1-4-7-14(8-10-18-19(3,15)16)12(2)11-13-6-5-9-17-13/h1,5-6,9,12H,7-8,10-11H2,2-3H3. The molecule has 0 aromatic carbocycles. The maximum absolute atomic E-state index is 10.9. The second kappa shape index (κ2) is 7.34. The maximum Gasteiger partial charge on any atom is 0.264 e. The van der Waals surface area contributed by atoms with Crippen molar-refractivity contribution >= 4 is 10.1 Å². The van der Waals surface area contributed by atoms with Crippen molar-refractivity contribution in [3.8, 4) is 12.3 Å². The molecule has 1 aromatic rings. The summed E-state index contributed by atoms with van der Waals surface area (Å²) in [5.41, 5.74) is 0. The summed E-state index contributed by atoms with van der Waals surface area (Å²) in [4.78, 5) is 1.98. The highest BCUT2D eigenvalue weighted by molar-refractivity contribution is 7.85. The van der Waals surface area contributed by atoms with Gasteiger partial charge in [-0.3, -0.25) is 9.08 Å². The minimum absolute atomic E-state index is 0.100. The summed E-state index contributed by atoms with van der Waals surface area (Å²) < 4.78 is 31.8. The van der Waals surface area contributed by atoms with Gasteiger partial charge in [0.15, 0.2) is 0 Å². The van der Waals surface area contributed by atoms with Crippen LogP contribution in [0.15, 0.2) is 22.8 Å². The topological polar surface area (TPSA) is 59.8 Å². The van der Waals surface area contributed by atoms with Gasteiger partial charge in [-0.25, -0.2) is 0 Å². The van der Waals surface area contributed by atoms with E-state index in [1.165, 1.54) is 0 Å². The molecule has 5 nitrogen and oxygen atoms in total. The quantitative estimate of drug-likeness (QED) is 0.529. The van der Waals surface area contributed by atoms with Gasteiger partial charge in [-0.05, 0) is 19.1 Å². The molecule has 0 radical (unpaired) electrons. The predicted molar refractivity (Wildman–Crippen MR) is 73.1 cm³/mol. The van der Waals surface area contributed by atoms with E-state index in [1.807, 2.05) is 24.0 Å². The van der Waals surface area contributed by atoms with Gasteiger partial charge in [0.2, 0.25) is 0 Å². The molecule has 0 saturated heterocycles. The minimum Gasteiger partial charge on any atom is -0.469 e. The largest absolute Gasteiger partial charge is 0.469 e. The lowest BCUT2D eigenvalue weighted by molar-refractivity contribution is 0.183. The molecule has 1 aromatic heterocycles. The number of hydrogen-bond donors (Lipinski definition) is 0. The molecular weight excluding hydrogens is 266 g/mol. The Balaban J connectivity index is 2.49. The average molecular weight is 285 g/mol. The number of furan rings is 1.